The number of nitrogens with one attached hydrogen (secondary N) is 1. The Hall–Kier alpha value is -2.79. The van der Waals surface area contributed by atoms with Crippen molar-refractivity contribution in [2.45, 2.75) is 18.5 Å². The third-order valence-electron chi connectivity index (χ3n) is 2.76. The first kappa shape index (κ1) is 16.6. The normalized spacial score (nSPS) is 11.0. The van der Waals surface area contributed by atoms with Gasteiger partial charge in [-0.15, -0.1) is 5.10 Å². The Balaban J connectivity index is 2.28. The zero-order chi connectivity index (χ0) is 16.7. The summed E-state index contributed by atoms with van der Waals surface area (Å²) in [5, 5.41) is 25.0. The lowest BCUT2D eigenvalue weighted by atomic mass is 10.2. The summed E-state index contributed by atoms with van der Waals surface area (Å²) >= 11 is 0.948. The highest BCUT2D eigenvalue weighted by Gasteiger charge is 2.14. The van der Waals surface area contributed by atoms with Gasteiger partial charge in [-0.2, -0.15) is 5.26 Å². The fourth-order valence-corrected chi connectivity index (χ4v) is 2.41. The molecule has 0 spiro atoms. The number of para-hydroxylation sites is 1. The lowest BCUT2D eigenvalue weighted by molar-refractivity contribution is -0.131. The van der Waals surface area contributed by atoms with Crippen LogP contribution in [0.1, 0.15) is 18.3 Å². The van der Waals surface area contributed by atoms with Crippen molar-refractivity contribution < 1.29 is 14.6 Å². The van der Waals surface area contributed by atoms with E-state index in [2.05, 4.69) is 15.2 Å². The molecule has 0 bridgehead atoms. The molecule has 0 aliphatic rings. The van der Waals surface area contributed by atoms with Crippen molar-refractivity contribution >= 4 is 23.8 Å². The minimum atomic E-state index is -1.09. The predicted molar refractivity (Wildman–Crippen MR) is 84.8 cm³/mol. The van der Waals surface area contributed by atoms with Crippen molar-refractivity contribution in [3.8, 4) is 11.8 Å². The average Bonchev–Trinajstić information content (AvgIpc) is 3.01. The minimum Gasteiger partial charge on any atom is -0.478 e. The fourth-order valence-electron chi connectivity index (χ4n) is 1.70. The lowest BCUT2D eigenvalue weighted by Crippen LogP contribution is -1.99. The van der Waals surface area contributed by atoms with E-state index in [1.165, 1.54) is 6.08 Å². The summed E-state index contributed by atoms with van der Waals surface area (Å²) in [5.74, 6) is 0.0422. The number of aryl methyl sites for hydroxylation is 1. The Kier molecular flexibility index (Phi) is 5.77. The number of rotatable bonds is 7. The van der Waals surface area contributed by atoms with Crippen molar-refractivity contribution in [3.63, 3.8) is 0 Å². The highest BCUT2D eigenvalue weighted by Crippen LogP contribution is 2.28. The molecule has 0 radical (unpaired) electrons. The maximum Gasteiger partial charge on any atom is 0.342 e. The molecule has 0 unspecified atom stereocenters. The highest BCUT2D eigenvalue weighted by atomic mass is 32.2. The Morgan fingerprint density at radius 3 is 2.96 bits per heavy atom. The van der Waals surface area contributed by atoms with Crippen LogP contribution in [0.4, 0.5) is 0 Å². The molecule has 0 atom stereocenters. The molecule has 1 aromatic carbocycles. The highest BCUT2D eigenvalue weighted by molar-refractivity contribution is 8.04. The first-order valence-electron chi connectivity index (χ1n) is 6.77. The molecule has 2 rings (SSSR count). The second-order valence-electron chi connectivity index (χ2n) is 4.32. The number of benzene rings is 1. The third kappa shape index (κ3) is 4.59. The molecular weight excluding hydrogens is 316 g/mol. The molecule has 7 nitrogen and oxygen atoms in total. The molecule has 118 valence electrons. The van der Waals surface area contributed by atoms with Crippen LogP contribution in [0.2, 0.25) is 0 Å². The van der Waals surface area contributed by atoms with Crippen LogP contribution in [0.3, 0.4) is 0 Å². The molecular formula is C15H14N4O3S. The number of thioether (sulfide) groups is 1. The number of ether oxygens (including phenoxy) is 1. The van der Waals surface area contributed by atoms with Gasteiger partial charge in [-0.25, -0.2) is 9.78 Å². The van der Waals surface area contributed by atoms with Gasteiger partial charge < -0.3 is 9.84 Å². The van der Waals surface area contributed by atoms with Crippen molar-refractivity contribution in [3.05, 3.63) is 40.6 Å². The molecule has 2 N–H and O–H groups in total. The van der Waals surface area contributed by atoms with Crippen molar-refractivity contribution in [1.29, 1.82) is 5.26 Å². The van der Waals surface area contributed by atoms with Crippen LogP contribution in [0.5, 0.6) is 5.75 Å². The molecule has 1 aromatic heterocycles. The van der Waals surface area contributed by atoms with E-state index in [0.29, 0.717) is 28.7 Å². The van der Waals surface area contributed by atoms with E-state index < -0.39 is 5.97 Å². The van der Waals surface area contributed by atoms with Gasteiger partial charge in [-0.3, -0.25) is 5.10 Å². The number of aromatic nitrogens is 3. The number of H-pyrrole nitrogens is 1. The largest absolute Gasteiger partial charge is 0.478 e. The number of carboxylic acids is 1. The molecule has 1 heterocycles. The van der Waals surface area contributed by atoms with Crippen LogP contribution >= 0.6 is 11.8 Å². The predicted octanol–water partition coefficient (Wildman–Crippen LogP) is 2.49. The molecule has 8 heteroatoms. The summed E-state index contributed by atoms with van der Waals surface area (Å²) in [6.07, 6.45) is 2.16. The lowest BCUT2D eigenvalue weighted by Gasteiger charge is -2.06. The van der Waals surface area contributed by atoms with Crippen molar-refractivity contribution in [2.24, 2.45) is 0 Å². The molecule has 0 fully saturated rings. The molecule has 0 saturated heterocycles. The van der Waals surface area contributed by atoms with E-state index in [-0.39, 0.29) is 11.5 Å². The number of carboxylic acid groups (broad SMARTS) is 1. The smallest absolute Gasteiger partial charge is 0.342 e. The monoisotopic (exact) mass is 330 g/mol. The van der Waals surface area contributed by atoms with Crippen LogP contribution in [0.25, 0.3) is 6.08 Å². The Labute approximate surface area is 137 Å². The second-order valence-corrected chi connectivity index (χ2v) is 5.33. The molecule has 23 heavy (non-hydrogen) atoms. The van der Waals surface area contributed by atoms with Gasteiger partial charge in [0, 0.05) is 12.0 Å². The van der Waals surface area contributed by atoms with Gasteiger partial charge in [0.1, 0.15) is 22.5 Å². The van der Waals surface area contributed by atoms with E-state index in [1.807, 2.05) is 13.0 Å². The number of nitrogens with zero attached hydrogens (tertiary/aromatic N) is 3. The average molecular weight is 330 g/mol. The first-order valence-corrected chi connectivity index (χ1v) is 7.58. The summed E-state index contributed by atoms with van der Waals surface area (Å²) in [6.45, 7) is 1.81. The van der Waals surface area contributed by atoms with Gasteiger partial charge in [0.15, 0.2) is 6.61 Å². The van der Waals surface area contributed by atoms with Crippen LogP contribution < -0.4 is 4.74 Å². The Bertz CT molecular complexity index is 764. The minimum absolute atomic E-state index is 0.0552. The van der Waals surface area contributed by atoms with Crippen LogP contribution in [0, 0.1) is 11.3 Å². The molecule has 0 aliphatic heterocycles. The molecule has 2 aromatic rings. The van der Waals surface area contributed by atoms with E-state index in [4.69, 9.17) is 10.00 Å². The molecule has 0 saturated carbocycles. The number of hydrogen-bond donors (Lipinski definition) is 2. The van der Waals surface area contributed by atoms with E-state index in [1.54, 1.807) is 24.3 Å². The van der Waals surface area contributed by atoms with Crippen LogP contribution in [-0.2, 0) is 11.2 Å². The van der Waals surface area contributed by atoms with Crippen molar-refractivity contribution in [2.75, 3.05) is 6.61 Å². The summed E-state index contributed by atoms with van der Waals surface area (Å²) < 4.78 is 5.29. The summed E-state index contributed by atoms with van der Waals surface area (Å²) in [4.78, 5) is 15.7. The van der Waals surface area contributed by atoms with Crippen LogP contribution in [-0.4, -0.2) is 32.9 Å². The van der Waals surface area contributed by atoms with Gasteiger partial charge in [0.2, 0.25) is 5.16 Å². The van der Waals surface area contributed by atoms with Gasteiger partial charge in [-0.05, 0) is 23.9 Å². The zero-order valence-corrected chi connectivity index (χ0v) is 13.1. The third-order valence-corrected chi connectivity index (χ3v) is 3.63. The van der Waals surface area contributed by atoms with E-state index in [0.717, 1.165) is 11.8 Å². The maximum absolute atomic E-state index is 11.5. The van der Waals surface area contributed by atoms with E-state index in [9.17, 15) is 9.90 Å². The molecule has 0 aliphatic carbocycles. The van der Waals surface area contributed by atoms with Gasteiger partial charge >= 0.3 is 5.97 Å². The fraction of sp³-hybridized carbons (Fsp3) is 0.200. The number of carbonyl (C=O) groups is 1. The summed E-state index contributed by atoms with van der Waals surface area (Å²) in [6, 6.07) is 8.78. The van der Waals surface area contributed by atoms with E-state index >= 15 is 0 Å². The Morgan fingerprint density at radius 1 is 1.52 bits per heavy atom. The number of nitriles is 1. The number of hydrogen-bond acceptors (Lipinski definition) is 6. The maximum atomic E-state index is 11.5. The number of aliphatic carboxylic acids is 1. The quantitative estimate of drug-likeness (QED) is 0.592. The van der Waals surface area contributed by atoms with Gasteiger partial charge in [0.25, 0.3) is 0 Å². The number of aromatic amines is 1. The SMILES string of the molecule is CCc1nc(S/C(=C\c2ccccc2OCC#N)C(=O)O)n[nH]1. The van der Waals surface area contributed by atoms with Gasteiger partial charge in [-0.1, -0.05) is 25.1 Å². The Morgan fingerprint density at radius 2 is 2.30 bits per heavy atom. The standard InChI is InChI=1S/C15H14N4O3S/c1-2-13-17-15(19-18-13)23-12(14(20)21)9-10-5-3-4-6-11(10)22-8-7-16/h3-6,9H,2,8H2,1H3,(H,20,21)(H,17,18,19)/b12-9-. The zero-order valence-electron chi connectivity index (χ0n) is 12.3. The van der Waals surface area contributed by atoms with Crippen LogP contribution in [0.15, 0.2) is 34.3 Å². The summed E-state index contributed by atoms with van der Waals surface area (Å²) in [7, 11) is 0. The van der Waals surface area contributed by atoms with Crippen molar-refractivity contribution in [1.82, 2.24) is 15.2 Å². The second kappa shape index (κ2) is 8.00. The van der Waals surface area contributed by atoms with Gasteiger partial charge in [0.05, 0.1) is 0 Å². The summed E-state index contributed by atoms with van der Waals surface area (Å²) in [5.41, 5.74) is 0.568. The first-order chi connectivity index (χ1) is 11.1. The molecule has 0 amide bonds. The topological polar surface area (TPSA) is 112 Å².